The molecule has 0 aromatic carbocycles. The molecular weight excluding hydrogens is 268 g/mol. The van der Waals surface area contributed by atoms with Gasteiger partial charge in [-0.15, -0.1) is 0 Å². The minimum absolute atomic E-state index is 0.0141. The van der Waals surface area contributed by atoms with Gasteiger partial charge < -0.3 is 16.0 Å². The molecule has 1 aliphatic carbocycles. The average Bonchev–Trinajstić information content (AvgIpc) is 3.22. The number of carbonyl (C=O) groups is 2. The maximum Gasteiger partial charge on any atom is 0.239 e. The van der Waals surface area contributed by atoms with Crippen LogP contribution in [0.2, 0.25) is 0 Å². The molecule has 0 spiro atoms. The van der Waals surface area contributed by atoms with Gasteiger partial charge in [-0.05, 0) is 51.6 Å². The third kappa shape index (κ3) is 5.28. The van der Waals surface area contributed by atoms with Gasteiger partial charge in [0.05, 0.1) is 13.1 Å². The van der Waals surface area contributed by atoms with Gasteiger partial charge >= 0.3 is 0 Å². The number of rotatable bonds is 6. The van der Waals surface area contributed by atoms with E-state index in [0.29, 0.717) is 18.5 Å². The lowest BCUT2D eigenvalue weighted by molar-refractivity contribution is -0.135. The van der Waals surface area contributed by atoms with E-state index in [0.717, 1.165) is 38.8 Å². The summed E-state index contributed by atoms with van der Waals surface area (Å²) in [4.78, 5) is 27.5. The minimum Gasteiger partial charge on any atom is -0.352 e. The van der Waals surface area contributed by atoms with Crippen LogP contribution >= 0.6 is 0 Å². The third-order valence-corrected chi connectivity index (χ3v) is 4.48. The second-order valence-electron chi connectivity index (χ2n) is 6.56. The summed E-state index contributed by atoms with van der Waals surface area (Å²) in [6.07, 6.45) is 4.24. The van der Waals surface area contributed by atoms with Crippen molar-refractivity contribution in [1.82, 2.24) is 15.1 Å². The highest BCUT2D eigenvalue weighted by Gasteiger charge is 2.26. The van der Waals surface area contributed by atoms with Crippen molar-refractivity contribution in [2.75, 3.05) is 33.2 Å². The van der Waals surface area contributed by atoms with Crippen molar-refractivity contribution in [3.63, 3.8) is 0 Å². The number of nitrogens with zero attached hydrogens (tertiary/aromatic N) is 2. The summed E-state index contributed by atoms with van der Waals surface area (Å²) >= 11 is 0. The van der Waals surface area contributed by atoms with Gasteiger partial charge in [-0.25, -0.2) is 0 Å². The van der Waals surface area contributed by atoms with E-state index >= 15 is 0 Å². The predicted molar refractivity (Wildman–Crippen MR) is 81.6 cm³/mol. The summed E-state index contributed by atoms with van der Waals surface area (Å²) in [5.74, 6) is 0.530. The smallest absolute Gasteiger partial charge is 0.239 e. The van der Waals surface area contributed by atoms with Gasteiger partial charge in [-0.2, -0.15) is 0 Å². The standard InChI is InChI=1S/C15H28N4O2/c1-11(16)12-5-7-19(8-6-12)10-15(21)18(2)9-14(20)17-13-3-4-13/h11-13H,3-10,16H2,1-2H3,(H,17,20). The summed E-state index contributed by atoms with van der Waals surface area (Å²) < 4.78 is 0. The van der Waals surface area contributed by atoms with Gasteiger partial charge in [0.25, 0.3) is 0 Å². The molecule has 2 amide bonds. The van der Waals surface area contributed by atoms with E-state index in [1.54, 1.807) is 7.05 Å². The lowest BCUT2D eigenvalue weighted by Gasteiger charge is -2.34. The second kappa shape index (κ2) is 7.22. The average molecular weight is 296 g/mol. The van der Waals surface area contributed by atoms with Crippen molar-refractivity contribution in [1.29, 1.82) is 0 Å². The Morgan fingerprint density at radius 2 is 1.90 bits per heavy atom. The Bertz CT molecular complexity index is 374. The number of hydrogen-bond donors (Lipinski definition) is 2. The molecule has 1 heterocycles. The Balaban J connectivity index is 1.67. The minimum atomic E-state index is -0.0518. The van der Waals surface area contributed by atoms with Crippen LogP contribution in [0, 0.1) is 5.92 Å². The number of piperidine rings is 1. The monoisotopic (exact) mass is 296 g/mol. The number of nitrogens with one attached hydrogen (secondary N) is 1. The second-order valence-corrected chi connectivity index (χ2v) is 6.56. The lowest BCUT2D eigenvalue weighted by Crippen LogP contribution is -2.46. The zero-order chi connectivity index (χ0) is 15.4. The Hall–Kier alpha value is -1.14. The Kier molecular flexibility index (Phi) is 5.58. The van der Waals surface area contributed by atoms with Crippen LogP contribution in [-0.4, -0.2) is 66.9 Å². The normalized spacial score (nSPS) is 21.9. The lowest BCUT2D eigenvalue weighted by atomic mass is 9.91. The molecule has 2 rings (SSSR count). The molecule has 6 heteroatoms. The largest absolute Gasteiger partial charge is 0.352 e. The molecule has 2 aliphatic rings. The summed E-state index contributed by atoms with van der Waals surface area (Å²) in [6.45, 7) is 4.45. The third-order valence-electron chi connectivity index (χ3n) is 4.48. The number of carbonyl (C=O) groups excluding carboxylic acids is 2. The summed E-state index contributed by atoms with van der Waals surface area (Å²) in [5, 5.41) is 2.90. The van der Waals surface area contributed by atoms with Crippen LogP contribution in [0.4, 0.5) is 0 Å². The van der Waals surface area contributed by atoms with Crippen LogP contribution in [0.5, 0.6) is 0 Å². The molecule has 1 atom stereocenters. The predicted octanol–water partition coefficient (Wildman–Crippen LogP) is -0.217. The van der Waals surface area contributed by atoms with Crippen molar-refractivity contribution in [2.45, 2.75) is 44.7 Å². The molecular formula is C15H28N4O2. The number of nitrogens with two attached hydrogens (primary N) is 1. The molecule has 1 unspecified atom stereocenters. The van der Waals surface area contributed by atoms with Crippen LogP contribution in [0.25, 0.3) is 0 Å². The number of hydrogen-bond acceptors (Lipinski definition) is 4. The molecule has 1 aliphatic heterocycles. The Morgan fingerprint density at radius 1 is 1.29 bits per heavy atom. The molecule has 0 aromatic rings. The van der Waals surface area contributed by atoms with Crippen molar-refractivity contribution < 1.29 is 9.59 Å². The van der Waals surface area contributed by atoms with Gasteiger partial charge in [0.2, 0.25) is 11.8 Å². The molecule has 3 N–H and O–H groups in total. The molecule has 2 fully saturated rings. The van der Waals surface area contributed by atoms with Gasteiger partial charge in [0.15, 0.2) is 0 Å². The fraction of sp³-hybridized carbons (Fsp3) is 0.867. The van der Waals surface area contributed by atoms with E-state index in [2.05, 4.69) is 17.1 Å². The van der Waals surface area contributed by atoms with Gasteiger partial charge in [0.1, 0.15) is 0 Å². The first-order chi connectivity index (χ1) is 9.95. The molecule has 1 saturated heterocycles. The summed E-state index contributed by atoms with van der Waals surface area (Å²) in [7, 11) is 1.70. The van der Waals surface area contributed by atoms with E-state index in [1.165, 1.54) is 4.90 Å². The fourth-order valence-electron chi connectivity index (χ4n) is 2.75. The van der Waals surface area contributed by atoms with Crippen molar-refractivity contribution in [3.05, 3.63) is 0 Å². The quantitative estimate of drug-likeness (QED) is 0.710. The van der Waals surface area contributed by atoms with Crippen LogP contribution in [0.1, 0.15) is 32.6 Å². The molecule has 21 heavy (non-hydrogen) atoms. The van der Waals surface area contributed by atoms with E-state index in [1.807, 2.05) is 0 Å². The molecule has 1 saturated carbocycles. The molecule has 0 radical (unpaired) electrons. The van der Waals surface area contributed by atoms with Gasteiger partial charge in [0, 0.05) is 19.1 Å². The van der Waals surface area contributed by atoms with Crippen LogP contribution in [0.15, 0.2) is 0 Å². The van der Waals surface area contributed by atoms with E-state index in [9.17, 15) is 9.59 Å². The van der Waals surface area contributed by atoms with Crippen LogP contribution < -0.4 is 11.1 Å². The summed E-state index contributed by atoms with van der Waals surface area (Å²) in [5.41, 5.74) is 5.92. The number of likely N-dealkylation sites (N-methyl/N-ethyl adjacent to an activating group) is 1. The molecule has 0 bridgehead atoms. The molecule has 0 aromatic heterocycles. The van der Waals surface area contributed by atoms with E-state index in [4.69, 9.17) is 5.73 Å². The summed E-state index contributed by atoms with van der Waals surface area (Å²) in [6, 6.07) is 0.579. The topological polar surface area (TPSA) is 78.7 Å². The van der Waals surface area contributed by atoms with Gasteiger partial charge in [-0.1, -0.05) is 0 Å². The SMILES string of the molecule is CC(N)C1CCN(CC(=O)N(C)CC(=O)NC2CC2)CC1. The first-order valence-electron chi connectivity index (χ1n) is 7.97. The van der Waals surface area contributed by atoms with Gasteiger partial charge in [-0.3, -0.25) is 14.5 Å². The van der Waals surface area contributed by atoms with Crippen LogP contribution in [0.3, 0.4) is 0 Å². The first-order valence-corrected chi connectivity index (χ1v) is 7.97. The highest BCUT2D eigenvalue weighted by molar-refractivity contribution is 5.85. The highest BCUT2D eigenvalue weighted by Crippen LogP contribution is 2.19. The van der Waals surface area contributed by atoms with Crippen molar-refractivity contribution in [3.8, 4) is 0 Å². The zero-order valence-electron chi connectivity index (χ0n) is 13.2. The van der Waals surface area contributed by atoms with E-state index in [-0.39, 0.29) is 24.4 Å². The maximum absolute atomic E-state index is 12.1. The van der Waals surface area contributed by atoms with Crippen LogP contribution in [-0.2, 0) is 9.59 Å². The Morgan fingerprint density at radius 3 is 2.43 bits per heavy atom. The first kappa shape index (κ1) is 16.2. The highest BCUT2D eigenvalue weighted by atomic mass is 16.2. The fourth-order valence-corrected chi connectivity index (χ4v) is 2.75. The van der Waals surface area contributed by atoms with Crippen molar-refractivity contribution in [2.24, 2.45) is 11.7 Å². The number of amides is 2. The van der Waals surface area contributed by atoms with Crippen molar-refractivity contribution >= 4 is 11.8 Å². The molecule has 6 nitrogen and oxygen atoms in total. The maximum atomic E-state index is 12.1. The number of likely N-dealkylation sites (tertiary alicyclic amines) is 1. The molecule has 120 valence electrons. The zero-order valence-corrected chi connectivity index (χ0v) is 13.2. The van der Waals surface area contributed by atoms with E-state index < -0.39 is 0 Å². The Labute approximate surface area is 127 Å².